The number of ether oxygens (including phenoxy) is 2. The molecule has 0 unspecified atom stereocenters. The van der Waals surface area contributed by atoms with E-state index in [4.69, 9.17) is 9.47 Å². The molecular weight excluding hydrogens is 352 g/mol. The lowest BCUT2D eigenvalue weighted by molar-refractivity contribution is -0.000655. The number of esters is 1. The van der Waals surface area contributed by atoms with Crippen LogP contribution < -0.4 is 5.32 Å². The fourth-order valence-corrected chi connectivity index (χ4v) is 4.59. The molecule has 0 aromatic carbocycles. The van der Waals surface area contributed by atoms with E-state index < -0.39 is 0 Å². The summed E-state index contributed by atoms with van der Waals surface area (Å²) >= 11 is 1.36. The lowest BCUT2D eigenvalue weighted by atomic mass is 9.88. The van der Waals surface area contributed by atoms with Gasteiger partial charge in [0.2, 0.25) is 0 Å². The third kappa shape index (κ3) is 3.41. The molecule has 8 heteroatoms. The van der Waals surface area contributed by atoms with Crippen molar-refractivity contribution in [2.24, 2.45) is 0 Å². The van der Waals surface area contributed by atoms with Crippen molar-refractivity contribution in [2.75, 3.05) is 46.3 Å². The minimum Gasteiger partial charge on any atom is -0.465 e. The SMILES string of the molecule is COC(=O)c1sc2nc(C)nc(NCC3(N(C)C)CCOCC3)c2c1C. The van der Waals surface area contributed by atoms with Crippen molar-refractivity contribution in [3.05, 3.63) is 16.3 Å². The number of methoxy groups -OCH3 is 1. The van der Waals surface area contributed by atoms with Crippen molar-refractivity contribution in [3.8, 4) is 0 Å². The molecule has 1 fully saturated rings. The Morgan fingerprint density at radius 2 is 2.00 bits per heavy atom. The highest BCUT2D eigenvalue weighted by molar-refractivity contribution is 7.20. The maximum Gasteiger partial charge on any atom is 0.348 e. The predicted octanol–water partition coefficient (Wildman–Crippen LogP) is 2.62. The van der Waals surface area contributed by atoms with Gasteiger partial charge in [-0.3, -0.25) is 0 Å². The number of anilines is 1. The molecular formula is C18H26N4O3S. The number of hydrogen-bond acceptors (Lipinski definition) is 8. The third-order valence-electron chi connectivity index (χ3n) is 5.23. The van der Waals surface area contributed by atoms with Crippen LogP contribution in [0.25, 0.3) is 10.2 Å². The van der Waals surface area contributed by atoms with Crippen molar-refractivity contribution in [3.63, 3.8) is 0 Å². The normalized spacial score (nSPS) is 16.8. The van der Waals surface area contributed by atoms with Gasteiger partial charge >= 0.3 is 5.97 Å². The van der Waals surface area contributed by atoms with E-state index in [9.17, 15) is 4.79 Å². The Morgan fingerprint density at radius 1 is 1.31 bits per heavy atom. The standard InChI is InChI=1S/C18H26N4O3S/c1-11-13-15(19-10-18(22(3)4)6-8-25-9-7-18)20-12(2)21-16(13)26-14(11)17(23)24-5/h6-10H2,1-5H3,(H,19,20,21). The molecule has 7 nitrogen and oxygen atoms in total. The van der Waals surface area contributed by atoms with Gasteiger partial charge in [0.1, 0.15) is 21.3 Å². The summed E-state index contributed by atoms with van der Waals surface area (Å²) in [7, 11) is 5.62. The van der Waals surface area contributed by atoms with Crippen LogP contribution in [-0.2, 0) is 9.47 Å². The molecule has 3 rings (SSSR count). The van der Waals surface area contributed by atoms with Crippen molar-refractivity contribution < 1.29 is 14.3 Å². The first-order valence-electron chi connectivity index (χ1n) is 8.73. The van der Waals surface area contributed by atoms with Crippen molar-refractivity contribution in [1.29, 1.82) is 0 Å². The van der Waals surface area contributed by atoms with Gasteiger partial charge in [0.05, 0.1) is 12.5 Å². The Balaban J connectivity index is 1.96. The lowest BCUT2D eigenvalue weighted by Gasteiger charge is -2.43. The summed E-state index contributed by atoms with van der Waals surface area (Å²) in [6.45, 7) is 6.08. The predicted molar refractivity (Wildman–Crippen MR) is 103 cm³/mol. The fraction of sp³-hybridized carbons (Fsp3) is 0.611. The molecule has 26 heavy (non-hydrogen) atoms. The van der Waals surface area contributed by atoms with Gasteiger partial charge < -0.3 is 19.7 Å². The second kappa shape index (κ2) is 7.46. The van der Waals surface area contributed by atoms with Crippen LogP contribution in [-0.4, -0.2) is 67.3 Å². The van der Waals surface area contributed by atoms with Gasteiger partial charge in [0.25, 0.3) is 0 Å². The van der Waals surface area contributed by atoms with E-state index in [0.717, 1.165) is 54.2 Å². The largest absolute Gasteiger partial charge is 0.465 e. The van der Waals surface area contributed by atoms with Crippen LogP contribution in [0.5, 0.6) is 0 Å². The van der Waals surface area contributed by atoms with Gasteiger partial charge in [-0.15, -0.1) is 11.3 Å². The van der Waals surface area contributed by atoms with Gasteiger partial charge in [-0.05, 0) is 46.3 Å². The van der Waals surface area contributed by atoms with Crippen molar-refractivity contribution in [1.82, 2.24) is 14.9 Å². The van der Waals surface area contributed by atoms with E-state index in [1.54, 1.807) is 0 Å². The van der Waals surface area contributed by atoms with Gasteiger partial charge in [0.15, 0.2) is 0 Å². The van der Waals surface area contributed by atoms with E-state index in [1.165, 1.54) is 18.4 Å². The van der Waals surface area contributed by atoms with E-state index in [-0.39, 0.29) is 11.5 Å². The number of carbonyl (C=O) groups excluding carboxylic acids is 1. The minimum absolute atomic E-state index is 0.0263. The van der Waals surface area contributed by atoms with Crippen LogP contribution in [0.2, 0.25) is 0 Å². The lowest BCUT2D eigenvalue weighted by Crippen LogP contribution is -2.53. The third-order valence-corrected chi connectivity index (χ3v) is 6.40. The monoisotopic (exact) mass is 378 g/mol. The average Bonchev–Trinajstić information content (AvgIpc) is 2.96. The quantitative estimate of drug-likeness (QED) is 0.802. The zero-order chi connectivity index (χ0) is 18.9. The number of nitrogens with zero attached hydrogens (tertiary/aromatic N) is 3. The number of aryl methyl sites for hydroxylation is 2. The van der Waals surface area contributed by atoms with Crippen LogP contribution in [0.4, 0.5) is 5.82 Å². The molecule has 3 heterocycles. The summed E-state index contributed by atoms with van der Waals surface area (Å²) in [5.41, 5.74) is 0.892. The highest BCUT2D eigenvalue weighted by Gasteiger charge is 2.35. The maximum absolute atomic E-state index is 12.0. The summed E-state index contributed by atoms with van der Waals surface area (Å²) in [6, 6.07) is 0. The maximum atomic E-state index is 12.0. The van der Waals surface area contributed by atoms with Gasteiger partial charge in [0, 0.05) is 25.3 Å². The van der Waals surface area contributed by atoms with E-state index in [0.29, 0.717) is 10.7 Å². The Kier molecular flexibility index (Phi) is 5.45. The molecule has 1 aliphatic rings. The molecule has 1 aliphatic heterocycles. The van der Waals surface area contributed by atoms with Crippen molar-refractivity contribution in [2.45, 2.75) is 32.2 Å². The molecule has 0 saturated carbocycles. The van der Waals surface area contributed by atoms with Crippen LogP contribution in [0, 0.1) is 13.8 Å². The smallest absolute Gasteiger partial charge is 0.348 e. The second-order valence-corrected chi connectivity index (χ2v) is 7.93. The topological polar surface area (TPSA) is 76.6 Å². The molecule has 0 amide bonds. The molecule has 1 N–H and O–H groups in total. The van der Waals surface area contributed by atoms with E-state index >= 15 is 0 Å². The molecule has 142 valence electrons. The summed E-state index contributed by atoms with van der Waals surface area (Å²) in [5.74, 6) is 1.14. The first kappa shape index (κ1) is 19.0. The molecule has 0 bridgehead atoms. The van der Waals surface area contributed by atoms with Crippen LogP contribution in [0.15, 0.2) is 0 Å². The number of nitrogens with one attached hydrogen (secondary N) is 1. The zero-order valence-corrected chi connectivity index (χ0v) is 16.8. The first-order chi connectivity index (χ1) is 12.4. The van der Waals surface area contributed by atoms with Gasteiger partial charge in [-0.1, -0.05) is 0 Å². The number of carbonyl (C=O) groups is 1. The summed E-state index contributed by atoms with van der Waals surface area (Å²) in [4.78, 5) is 24.8. The molecule has 1 saturated heterocycles. The molecule has 0 aliphatic carbocycles. The fourth-order valence-electron chi connectivity index (χ4n) is 3.44. The summed E-state index contributed by atoms with van der Waals surface area (Å²) < 4.78 is 10.4. The molecule has 2 aromatic rings. The minimum atomic E-state index is -0.330. The van der Waals surface area contributed by atoms with Crippen LogP contribution in [0.1, 0.15) is 33.9 Å². The second-order valence-electron chi connectivity index (χ2n) is 6.93. The van der Waals surface area contributed by atoms with Crippen molar-refractivity contribution >= 4 is 33.3 Å². The first-order valence-corrected chi connectivity index (χ1v) is 9.55. The van der Waals surface area contributed by atoms with Gasteiger partial charge in [-0.25, -0.2) is 14.8 Å². The highest BCUT2D eigenvalue weighted by Crippen LogP contribution is 2.35. The Labute approximate surface area is 157 Å². The number of thiophene rings is 1. The molecule has 0 radical (unpaired) electrons. The van der Waals surface area contributed by atoms with Gasteiger partial charge in [-0.2, -0.15) is 0 Å². The summed E-state index contributed by atoms with van der Waals surface area (Å²) in [5, 5.41) is 4.44. The Bertz CT molecular complexity index is 812. The van der Waals surface area contributed by atoms with E-state index in [1.807, 2.05) is 13.8 Å². The van der Waals surface area contributed by atoms with Crippen LogP contribution in [0.3, 0.4) is 0 Å². The average molecular weight is 378 g/mol. The highest BCUT2D eigenvalue weighted by atomic mass is 32.1. The van der Waals surface area contributed by atoms with E-state index in [2.05, 4.69) is 34.3 Å². The summed E-state index contributed by atoms with van der Waals surface area (Å²) in [6.07, 6.45) is 1.94. The molecule has 0 spiro atoms. The molecule has 2 aromatic heterocycles. The van der Waals surface area contributed by atoms with Crippen LogP contribution >= 0.6 is 11.3 Å². The Hall–Kier alpha value is -1.77. The molecule has 0 atom stereocenters. The number of likely N-dealkylation sites (N-methyl/N-ethyl adjacent to an activating group) is 1. The number of fused-ring (bicyclic) bond motifs is 1. The number of hydrogen-bond donors (Lipinski definition) is 1. The Morgan fingerprint density at radius 3 is 2.62 bits per heavy atom. The zero-order valence-electron chi connectivity index (χ0n) is 16.0. The number of aromatic nitrogens is 2. The number of rotatable bonds is 5.